The SMILES string of the molecule is CCOc1ccc(/C=C/C(=O)N(C)C2CCNC2)cc1. The number of carbonyl (C=O) groups excluding carboxylic acids is 1. The van der Waals surface area contributed by atoms with E-state index in [1.807, 2.05) is 49.2 Å². The Morgan fingerprint density at radius 3 is 2.80 bits per heavy atom. The van der Waals surface area contributed by atoms with Crippen LogP contribution in [0.5, 0.6) is 5.75 Å². The molecule has 2 rings (SSSR count). The molecule has 0 aromatic heterocycles. The molecule has 20 heavy (non-hydrogen) atoms. The van der Waals surface area contributed by atoms with Crippen LogP contribution in [0.1, 0.15) is 18.9 Å². The van der Waals surface area contributed by atoms with Crippen LogP contribution in [-0.2, 0) is 4.79 Å². The average molecular weight is 274 g/mol. The van der Waals surface area contributed by atoms with Crippen LogP contribution in [0.2, 0.25) is 0 Å². The molecule has 1 heterocycles. The Balaban J connectivity index is 1.92. The fourth-order valence-corrected chi connectivity index (χ4v) is 2.28. The Hall–Kier alpha value is -1.81. The summed E-state index contributed by atoms with van der Waals surface area (Å²) >= 11 is 0. The summed E-state index contributed by atoms with van der Waals surface area (Å²) in [4.78, 5) is 13.9. The molecule has 0 radical (unpaired) electrons. The number of rotatable bonds is 5. The van der Waals surface area contributed by atoms with E-state index in [0.29, 0.717) is 12.6 Å². The Morgan fingerprint density at radius 2 is 2.20 bits per heavy atom. The van der Waals surface area contributed by atoms with Crippen LogP contribution in [0.4, 0.5) is 0 Å². The molecule has 4 nitrogen and oxygen atoms in total. The first kappa shape index (κ1) is 14.6. The van der Waals surface area contributed by atoms with Crippen LogP contribution >= 0.6 is 0 Å². The molecule has 108 valence electrons. The van der Waals surface area contributed by atoms with Crippen LogP contribution in [0.3, 0.4) is 0 Å². The maximum Gasteiger partial charge on any atom is 0.246 e. The van der Waals surface area contributed by atoms with Crippen LogP contribution < -0.4 is 10.1 Å². The number of hydrogen-bond donors (Lipinski definition) is 1. The second-order valence-electron chi connectivity index (χ2n) is 4.93. The minimum Gasteiger partial charge on any atom is -0.494 e. The molecule has 0 aliphatic carbocycles. The second-order valence-corrected chi connectivity index (χ2v) is 4.93. The van der Waals surface area contributed by atoms with E-state index in [1.54, 1.807) is 6.08 Å². The highest BCUT2D eigenvalue weighted by molar-refractivity contribution is 5.91. The number of nitrogens with zero attached hydrogens (tertiary/aromatic N) is 1. The van der Waals surface area contributed by atoms with Gasteiger partial charge in [-0.15, -0.1) is 0 Å². The molecular weight excluding hydrogens is 252 g/mol. The highest BCUT2D eigenvalue weighted by atomic mass is 16.5. The number of benzene rings is 1. The molecule has 1 unspecified atom stereocenters. The Labute approximate surface area is 120 Å². The van der Waals surface area contributed by atoms with Crippen molar-refractivity contribution in [1.29, 1.82) is 0 Å². The van der Waals surface area contributed by atoms with Gasteiger partial charge < -0.3 is 15.0 Å². The molecule has 1 amide bonds. The van der Waals surface area contributed by atoms with E-state index in [1.165, 1.54) is 0 Å². The van der Waals surface area contributed by atoms with E-state index >= 15 is 0 Å². The van der Waals surface area contributed by atoms with Gasteiger partial charge in [-0.1, -0.05) is 12.1 Å². The summed E-state index contributed by atoms with van der Waals surface area (Å²) in [6, 6.07) is 8.04. The first-order chi connectivity index (χ1) is 9.70. The maximum atomic E-state index is 12.1. The number of nitrogens with one attached hydrogen (secondary N) is 1. The molecule has 1 fully saturated rings. The van der Waals surface area contributed by atoms with Crippen molar-refractivity contribution in [3.8, 4) is 5.75 Å². The van der Waals surface area contributed by atoms with E-state index in [-0.39, 0.29) is 5.91 Å². The molecule has 1 aromatic carbocycles. The first-order valence-corrected chi connectivity index (χ1v) is 7.09. The molecule has 1 aliphatic rings. The lowest BCUT2D eigenvalue weighted by molar-refractivity contribution is -0.126. The number of hydrogen-bond acceptors (Lipinski definition) is 3. The summed E-state index contributed by atoms with van der Waals surface area (Å²) in [7, 11) is 1.86. The van der Waals surface area contributed by atoms with Crippen molar-refractivity contribution in [2.45, 2.75) is 19.4 Å². The minimum absolute atomic E-state index is 0.0487. The lowest BCUT2D eigenvalue weighted by atomic mass is 10.2. The van der Waals surface area contributed by atoms with Gasteiger partial charge in [-0.05, 0) is 43.7 Å². The predicted octanol–water partition coefficient (Wildman–Crippen LogP) is 1.92. The standard InChI is InChI=1S/C16H22N2O2/c1-3-20-15-7-4-13(5-8-15)6-9-16(19)18(2)14-10-11-17-12-14/h4-9,14,17H,3,10-12H2,1-2H3/b9-6+. The first-order valence-electron chi connectivity index (χ1n) is 7.09. The zero-order chi connectivity index (χ0) is 14.4. The van der Waals surface area contributed by atoms with Crippen LogP contribution in [0, 0.1) is 0 Å². The Morgan fingerprint density at radius 1 is 1.45 bits per heavy atom. The van der Waals surface area contributed by atoms with Gasteiger partial charge in [-0.3, -0.25) is 4.79 Å². The summed E-state index contributed by atoms with van der Waals surface area (Å²) < 4.78 is 5.39. The zero-order valence-corrected chi connectivity index (χ0v) is 12.1. The fourth-order valence-electron chi connectivity index (χ4n) is 2.28. The molecule has 0 bridgehead atoms. The zero-order valence-electron chi connectivity index (χ0n) is 12.1. The van der Waals surface area contributed by atoms with Crippen LogP contribution in [0.25, 0.3) is 6.08 Å². The Bertz CT molecular complexity index is 462. The summed E-state index contributed by atoms with van der Waals surface area (Å²) in [6.45, 7) is 4.50. The summed E-state index contributed by atoms with van der Waals surface area (Å²) in [5, 5.41) is 3.27. The van der Waals surface area contributed by atoms with E-state index in [0.717, 1.165) is 30.8 Å². The van der Waals surface area contributed by atoms with E-state index in [9.17, 15) is 4.79 Å². The smallest absolute Gasteiger partial charge is 0.246 e. The molecule has 4 heteroatoms. The Kier molecular flexibility index (Phi) is 5.18. The number of carbonyl (C=O) groups is 1. The molecular formula is C16H22N2O2. The topological polar surface area (TPSA) is 41.6 Å². The molecule has 1 N–H and O–H groups in total. The maximum absolute atomic E-state index is 12.1. The van der Waals surface area contributed by atoms with Gasteiger partial charge in [0, 0.05) is 25.7 Å². The van der Waals surface area contributed by atoms with Gasteiger partial charge >= 0.3 is 0 Å². The van der Waals surface area contributed by atoms with Crippen molar-refractivity contribution in [1.82, 2.24) is 10.2 Å². The van der Waals surface area contributed by atoms with Crippen molar-refractivity contribution < 1.29 is 9.53 Å². The van der Waals surface area contributed by atoms with Gasteiger partial charge in [-0.25, -0.2) is 0 Å². The average Bonchev–Trinajstić information content (AvgIpc) is 3.00. The molecule has 1 saturated heterocycles. The van der Waals surface area contributed by atoms with Crippen LogP contribution in [-0.4, -0.2) is 43.6 Å². The minimum atomic E-state index is 0.0487. The fraction of sp³-hybridized carbons (Fsp3) is 0.438. The third kappa shape index (κ3) is 3.84. The monoisotopic (exact) mass is 274 g/mol. The van der Waals surface area contributed by atoms with E-state index < -0.39 is 0 Å². The van der Waals surface area contributed by atoms with E-state index in [4.69, 9.17) is 4.74 Å². The number of likely N-dealkylation sites (N-methyl/N-ethyl adjacent to an activating group) is 1. The quantitative estimate of drug-likeness (QED) is 0.834. The van der Waals surface area contributed by atoms with Crippen molar-refractivity contribution in [3.05, 3.63) is 35.9 Å². The third-order valence-electron chi connectivity index (χ3n) is 3.54. The normalized spacial score (nSPS) is 18.4. The molecule has 1 aliphatic heterocycles. The van der Waals surface area contributed by atoms with Gasteiger partial charge in [0.2, 0.25) is 5.91 Å². The number of ether oxygens (including phenoxy) is 1. The van der Waals surface area contributed by atoms with Gasteiger partial charge in [0.15, 0.2) is 0 Å². The second kappa shape index (κ2) is 7.10. The predicted molar refractivity (Wildman–Crippen MR) is 80.7 cm³/mol. The lowest BCUT2D eigenvalue weighted by Crippen LogP contribution is -2.37. The molecule has 1 aromatic rings. The van der Waals surface area contributed by atoms with Gasteiger partial charge in [0.1, 0.15) is 5.75 Å². The van der Waals surface area contributed by atoms with Crippen LogP contribution in [0.15, 0.2) is 30.3 Å². The highest BCUT2D eigenvalue weighted by Gasteiger charge is 2.21. The largest absolute Gasteiger partial charge is 0.494 e. The number of amides is 1. The summed E-state index contributed by atoms with van der Waals surface area (Å²) in [5.41, 5.74) is 1.000. The third-order valence-corrected chi connectivity index (χ3v) is 3.54. The highest BCUT2D eigenvalue weighted by Crippen LogP contribution is 2.13. The van der Waals surface area contributed by atoms with E-state index in [2.05, 4.69) is 5.32 Å². The van der Waals surface area contributed by atoms with Crippen molar-refractivity contribution >= 4 is 12.0 Å². The lowest BCUT2D eigenvalue weighted by Gasteiger charge is -2.22. The van der Waals surface area contributed by atoms with Crippen molar-refractivity contribution in [3.63, 3.8) is 0 Å². The summed E-state index contributed by atoms with van der Waals surface area (Å²) in [6.07, 6.45) is 4.50. The molecule has 0 saturated carbocycles. The van der Waals surface area contributed by atoms with Gasteiger partial charge in [0.25, 0.3) is 0 Å². The molecule has 0 spiro atoms. The molecule has 1 atom stereocenters. The van der Waals surface area contributed by atoms with Gasteiger partial charge in [0.05, 0.1) is 6.61 Å². The van der Waals surface area contributed by atoms with Crippen molar-refractivity contribution in [2.24, 2.45) is 0 Å². The van der Waals surface area contributed by atoms with Crippen molar-refractivity contribution in [2.75, 3.05) is 26.7 Å². The van der Waals surface area contributed by atoms with Gasteiger partial charge in [-0.2, -0.15) is 0 Å². The summed E-state index contributed by atoms with van der Waals surface area (Å²) in [5.74, 6) is 0.901.